The molecule has 0 amide bonds. The first-order chi connectivity index (χ1) is 9.36. The lowest BCUT2D eigenvalue weighted by atomic mass is 10.1. The fourth-order valence-electron chi connectivity index (χ4n) is 1.87. The molecule has 0 atom stereocenters. The fraction of sp³-hybridized carbons (Fsp3) is 0. The number of hydrogen-bond acceptors (Lipinski definition) is 3. The van der Waals surface area contributed by atoms with Crippen LogP contribution in [0.4, 0.5) is 0 Å². The molecule has 0 N–H and O–H groups in total. The minimum Gasteiger partial charge on any atom is -0.356 e. The number of benzene rings is 2. The van der Waals surface area contributed by atoms with Crippen LogP contribution >= 0.6 is 0 Å². The Labute approximate surface area is 110 Å². The van der Waals surface area contributed by atoms with Gasteiger partial charge in [0.25, 0.3) is 0 Å². The van der Waals surface area contributed by atoms with Gasteiger partial charge in [-0.2, -0.15) is 5.26 Å². The highest BCUT2D eigenvalue weighted by Crippen LogP contribution is 2.25. The Hall–Kier alpha value is -2.86. The van der Waals surface area contributed by atoms with Gasteiger partial charge in [-0.25, -0.2) is 0 Å². The third-order valence-electron chi connectivity index (χ3n) is 2.88. The van der Waals surface area contributed by atoms with Gasteiger partial charge in [0.15, 0.2) is 5.76 Å². The van der Waals surface area contributed by atoms with Crippen molar-refractivity contribution in [2.75, 3.05) is 0 Å². The molecule has 2 aromatic carbocycles. The Morgan fingerprint density at radius 3 is 2.32 bits per heavy atom. The van der Waals surface area contributed by atoms with Gasteiger partial charge in [0.05, 0.1) is 11.6 Å². The zero-order valence-corrected chi connectivity index (χ0v) is 10.1. The second-order valence-corrected chi connectivity index (χ2v) is 4.13. The molecule has 0 aliphatic rings. The van der Waals surface area contributed by atoms with Crippen molar-refractivity contribution < 1.29 is 4.52 Å². The van der Waals surface area contributed by atoms with Crippen LogP contribution in [-0.4, -0.2) is 5.16 Å². The molecule has 3 heteroatoms. The molecule has 90 valence electrons. The molecule has 0 aliphatic heterocycles. The van der Waals surface area contributed by atoms with Gasteiger partial charge in [-0.15, -0.1) is 0 Å². The van der Waals surface area contributed by atoms with E-state index in [0.717, 1.165) is 22.6 Å². The molecular weight excluding hydrogens is 236 g/mol. The number of aromatic nitrogens is 1. The summed E-state index contributed by atoms with van der Waals surface area (Å²) in [5, 5.41) is 12.8. The van der Waals surface area contributed by atoms with E-state index in [4.69, 9.17) is 9.78 Å². The van der Waals surface area contributed by atoms with Crippen LogP contribution in [0.1, 0.15) is 5.56 Å². The summed E-state index contributed by atoms with van der Waals surface area (Å²) in [4.78, 5) is 0. The summed E-state index contributed by atoms with van der Waals surface area (Å²) in [6, 6.07) is 21.1. The summed E-state index contributed by atoms with van der Waals surface area (Å²) in [5.41, 5.74) is 3.33. The van der Waals surface area contributed by atoms with Gasteiger partial charge in [0.2, 0.25) is 0 Å². The van der Waals surface area contributed by atoms with Crippen LogP contribution in [-0.2, 0) is 0 Å². The van der Waals surface area contributed by atoms with Gasteiger partial charge in [0.1, 0.15) is 5.69 Å². The van der Waals surface area contributed by atoms with Crippen LogP contribution in [0.3, 0.4) is 0 Å². The maximum atomic E-state index is 8.77. The lowest BCUT2D eigenvalue weighted by molar-refractivity contribution is 0.435. The third kappa shape index (κ3) is 2.24. The first kappa shape index (κ1) is 11.2. The number of hydrogen-bond donors (Lipinski definition) is 0. The minimum absolute atomic E-state index is 0.635. The molecule has 1 aromatic heterocycles. The second-order valence-electron chi connectivity index (χ2n) is 4.13. The van der Waals surface area contributed by atoms with Crippen molar-refractivity contribution in [1.29, 1.82) is 5.26 Å². The summed E-state index contributed by atoms with van der Waals surface area (Å²) in [5.74, 6) is 0.736. The molecule has 3 nitrogen and oxygen atoms in total. The monoisotopic (exact) mass is 246 g/mol. The molecule has 3 aromatic rings. The van der Waals surface area contributed by atoms with Crippen molar-refractivity contribution >= 4 is 0 Å². The number of rotatable bonds is 2. The summed E-state index contributed by atoms with van der Waals surface area (Å²) in [6.45, 7) is 0. The molecule has 0 bridgehead atoms. The molecule has 19 heavy (non-hydrogen) atoms. The maximum Gasteiger partial charge on any atom is 0.167 e. The summed E-state index contributed by atoms with van der Waals surface area (Å²) in [7, 11) is 0. The van der Waals surface area contributed by atoms with Crippen LogP contribution in [0, 0.1) is 11.3 Å². The Bertz CT molecular complexity index is 721. The largest absolute Gasteiger partial charge is 0.356 e. The van der Waals surface area contributed by atoms with E-state index in [0.29, 0.717) is 5.56 Å². The second kappa shape index (κ2) is 4.79. The first-order valence-electron chi connectivity index (χ1n) is 5.89. The first-order valence-corrected chi connectivity index (χ1v) is 5.89. The Balaban J connectivity index is 1.95. The zero-order valence-electron chi connectivity index (χ0n) is 10.1. The van der Waals surface area contributed by atoms with Gasteiger partial charge < -0.3 is 4.52 Å². The lowest BCUT2D eigenvalue weighted by Gasteiger charge is -1.94. The molecule has 0 spiro atoms. The predicted octanol–water partition coefficient (Wildman–Crippen LogP) is 3.88. The average Bonchev–Trinajstić information content (AvgIpc) is 2.98. The van der Waals surface area contributed by atoms with Crippen molar-refractivity contribution in [2.24, 2.45) is 0 Å². The Morgan fingerprint density at radius 2 is 1.63 bits per heavy atom. The van der Waals surface area contributed by atoms with Crippen LogP contribution in [0.2, 0.25) is 0 Å². The van der Waals surface area contributed by atoms with Gasteiger partial charge in [-0.05, 0) is 12.1 Å². The number of nitrogens with zero attached hydrogens (tertiary/aromatic N) is 2. The number of nitriles is 1. The van der Waals surface area contributed by atoms with Crippen LogP contribution in [0.25, 0.3) is 22.6 Å². The highest BCUT2D eigenvalue weighted by Gasteiger charge is 2.07. The summed E-state index contributed by atoms with van der Waals surface area (Å²) in [6.07, 6.45) is 0. The zero-order chi connectivity index (χ0) is 13.1. The van der Waals surface area contributed by atoms with Gasteiger partial charge >= 0.3 is 0 Å². The highest BCUT2D eigenvalue weighted by atomic mass is 16.5. The average molecular weight is 246 g/mol. The molecule has 0 aliphatic carbocycles. The van der Waals surface area contributed by atoms with Crippen molar-refractivity contribution in [3.05, 3.63) is 66.2 Å². The summed E-state index contributed by atoms with van der Waals surface area (Å²) < 4.78 is 5.35. The van der Waals surface area contributed by atoms with Gasteiger partial charge in [0, 0.05) is 17.2 Å². The normalized spacial score (nSPS) is 10.1. The quantitative estimate of drug-likeness (QED) is 0.689. The molecule has 0 unspecified atom stereocenters. The third-order valence-corrected chi connectivity index (χ3v) is 2.88. The van der Waals surface area contributed by atoms with E-state index in [-0.39, 0.29) is 0 Å². The van der Waals surface area contributed by atoms with E-state index in [9.17, 15) is 0 Å². The molecule has 0 saturated heterocycles. The Kier molecular flexibility index (Phi) is 2.83. The topological polar surface area (TPSA) is 49.8 Å². The van der Waals surface area contributed by atoms with E-state index < -0.39 is 0 Å². The SMILES string of the molecule is N#Cc1ccc(-c2cc(-c3ccccc3)on2)cc1. The standard InChI is InChI=1S/C16H10N2O/c17-11-12-6-8-13(9-7-12)15-10-16(19-18-15)14-4-2-1-3-5-14/h1-10H. The minimum atomic E-state index is 0.635. The van der Waals surface area contributed by atoms with Gasteiger partial charge in [-0.1, -0.05) is 47.6 Å². The molecular formula is C16H10N2O. The van der Waals surface area contributed by atoms with E-state index >= 15 is 0 Å². The molecule has 3 rings (SSSR count). The van der Waals surface area contributed by atoms with Gasteiger partial charge in [-0.3, -0.25) is 0 Å². The van der Waals surface area contributed by atoms with E-state index in [1.807, 2.05) is 48.5 Å². The van der Waals surface area contributed by atoms with E-state index in [1.165, 1.54) is 0 Å². The van der Waals surface area contributed by atoms with E-state index in [1.54, 1.807) is 12.1 Å². The molecule has 0 radical (unpaired) electrons. The van der Waals surface area contributed by atoms with E-state index in [2.05, 4.69) is 11.2 Å². The Morgan fingerprint density at radius 1 is 0.895 bits per heavy atom. The predicted molar refractivity (Wildman–Crippen MR) is 72.1 cm³/mol. The van der Waals surface area contributed by atoms with Crippen LogP contribution in [0.5, 0.6) is 0 Å². The molecule has 0 fully saturated rings. The molecule has 0 saturated carbocycles. The van der Waals surface area contributed by atoms with Crippen molar-refractivity contribution in [1.82, 2.24) is 5.16 Å². The lowest BCUT2D eigenvalue weighted by Crippen LogP contribution is -1.78. The van der Waals surface area contributed by atoms with Crippen LogP contribution in [0.15, 0.2) is 65.2 Å². The van der Waals surface area contributed by atoms with Crippen molar-refractivity contribution in [2.45, 2.75) is 0 Å². The van der Waals surface area contributed by atoms with Crippen LogP contribution < -0.4 is 0 Å². The smallest absolute Gasteiger partial charge is 0.167 e. The molecule has 1 heterocycles. The van der Waals surface area contributed by atoms with Crippen molar-refractivity contribution in [3.8, 4) is 28.7 Å². The maximum absolute atomic E-state index is 8.77. The highest BCUT2D eigenvalue weighted by molar-refractivity contribution is 5.67. The summed E-state index contributed by atoms with van der Waals surface area (Å²) >= 11 is 0. The fourth-order valence-corrected chi connectivity index (χ4v) is 1.87. The van der Waals surface area contributed by atoms with Crippen molar-refractivity contribution in [3.63, 3.8) is 0 Å².